The van der Waals surface area contributed by atoms with E-state index < -0.39 is 0 Å². The van der Waals surface area contributed by atoms with Gasteiger partial charge in [-0.3, -0.25) is 0 Å². The Kier molecular flexibility index (Phi) is 4.76. The molecule has 0 bridgehead atoms. The molecular formula is C15H23N3. The molecule has 3 heteroatoms. The van der Waals surface area contributed by atoms with Crippen molar-refractivity contribution in [3.8, 4) is 0 Å². The standard InChI is InChI=1S/C15H23N3/c1-3-4-5-8-13(2)16-11-14-12-17-18-10-7-6-9-15(14)18/h6-7,9-10,12-13,16H,3-5,8,11H2,1-2H3. The molecule has 0 aliphatic rings. The lowest BCUT2D eigenvalue weighted by molar-refractivity contribution is 0.488. The van der Waals surface area contributed by atoms with E-state index >= 15 is 0 Å². The van der Waals surface area contributed by atoms with Crippen LogP contribution in [-0.4, -0.2) is 15.7 Å². The monoisotopic (exact) mass is 245 g/mol. The highest BCUT2D eigenvalue weighted by atomic mass is 15.2. The number of nitrogens with one attached hydrogen (secondary N) is 1. The molecule has 0 fully saturated rings. The topological polar surface area (TPSA) is 29.3 Å². The Labute approximate surface area is 109 Å². The molecule has 2 aromatic heterocycles. The minimum Gasteiger partial charge on any atom is -0.310 e. The molecule has 2 heterocycles. The lowest BCUT2D eigenvalue weighted by Gasteiger charge is -2.12. The Morgan fingerprint density at radius 1 is 1.33 bits per heavy atom. The van der Waals surface area contributed by atoms with Crippen LogP contribution < -0.4 is 5.32 Å². The molecule has 3 nitrogen and oxygen atoms in total. The highest BCUT2D eigenvalue weighted by molar-refractivity contribution is 5.53. The molecule has 0 aliphatic carbocycles. The number of aromatic nitrogens is 2. The molecule has 18 heavy (non-hydrogen) atoms. The van der Waals surface area contributed by atoms with Gasteiger partial charge in [-0.05, 0) is 25.5 Å². The average Bonchev–Trinajstić information content (AvgIpc) is 2.80. The van der Waals surface area contributed by atoms with Crippen molar-refractivity contribution in [2.75, 3.05) is 0 Å². The molecule has 0 saturated carbocycles. The van der Waals surface area contributed by atoms with Gasteiger partial charge in [-0.2, -0.15) is 5.10 Å². The van der Waals surface area contributed by atoms with Gasteiger partial charge in [-0.15, -0.1) is 0 Å². The summed E-state index contributed by atoms with van der Waals surface area (Å²) in [5.74, 6) is 0. The second-order valence-corrected chi connectivity index (χ2v) is 4.98. The minimum atomic E-state index is 0.579. The number of rotatable bonds is 7. The molecule has 0 aromatic carbocycles. The SMILES string of the molecule is CCCCCC(C)NCc1cnn2ccccc12. The molecule has 0 amide bonds. The summed E-state index contributed by atoms with van der Waals surface area (Å²) >= 11 is 0. The highest BCUT2D eigenvalue weighted by Crippen LogP contribution is 2.10. The molecule has 1 atom stereocenters. The van der Waals surface area contributed by atoms with Crippen LogP contribution in [0.3, 0.4) is 0 Å². The number of unbranched alkanes of at least 4 members (excludes halogenated alkanes) is 2. The van der Waals surface area contributed by atoms with Gasteiger partial charge >= 0.3 is 0 Å². The van der Waals surface area contributed by atoms with Crippen molar-refractivity contribution in [2.24, 2.45) is 0 Å². The van der Waals surface area contributed by atoms with Crippen molar-refractivity contribution < 1.29 is 0 Å². The molecule has 98 valence electrons. The Balaban J connectivity index is 1.86. The molecule has 1 N–H and O–H groups in total. The third kappa shape index (κ3) is 3.33. The van der Waals surface area contributed by atoms with E-state index in [0.29, 0.717) is 6.04 Å². The summed E-state index contributed by atoms with van der Waals surface area (Å²) in [5, 5.41) is 7.93. The van der Waals surface area contributed by atoms with Gasteiger partial charge in [0, 0.05) is 24.3 Å². The van der Waals surface area contributed by atoms with Gasteiger partial charge in [-0.1, -0.05) is 32.3 Å². The Morgan fingerprint density at radius 2 is 2.22 bits per heavy atom. The van der Waals surface area contributed by atoms with E-state index in [1.54, 1.807) is 0 Å². The number of hydrogen-bond donors (Lipinski definition) is 1. The maximum absolute atomic E-state index is 4.35. The van der Waals surface area contributed by atoms with E-state index in [0.717, 1.165) is 6.54 Å². The first kappa shape index (κ1) is 13.1. The van der Waals surface area contributed by atoms with E-state index in [4.69, 9.17) is 0 Å². The number of fused-ring (bicyclic) bond motifs is 1. The average molecular weight is 245 g/mol. The molecule has 2 rings (SSSR count). The molecule has 0 radical (unpaired) electrons. The zero-order valence-electron chi connectivity index (χ0n) is 11.4. The predicted molar refractivity (Wildman–Crippen MR) is 75.6 cm³/mol. The van der Waals surface area contributed by atoms with Crippen LogP contribution in [0.1, 0.15) is 45.1 Å². The maximum atomic E-state index is 4.35. The van der Waals surface area contributed by atoms with Crippen LogP contribution in [0.25, 0.3) is 5.52 Å². The quantitative estimate of drug-likeness (QED) is 0.758. The van der Waals surface area contributed by atoms with Crippen molar-refractivity contribution in [3.63, 3.8) is 0 Å². The van der Waals surface area contributed by atoms with Gasteiger partial charge in [0.05, 0.1) is 11.7 Å². The van der Waals surface area contributed by atoms with Crippen LogP contribution in [0.15, 0.2) is 30.6 Å². The molecule has 0 spiro atoms. The second-order valence-electron chi connectivity index (χ2n) is 4.98. The van der Waals surface area contributed by atoms with E-state index in [2.05, 4.69) is 36.4 Å². The summed E-state index contributed by atoms with van der Waals surface area (Å²) in [6.45, 7) is 5.42. The number of nitrogens with zero attached hydrogens (tertiary/aromatic N) is 2. The van der Waals surface area contributed by atoms with Crippen molar-refractivity contribution in [1.82, 2.24) is 14.9 Å². The Morgan fingerprint density at radius 3 is 3.06 bits per heavy atom. The first-order valence-electron chi connectivity index (χ1n) is 6.96. The Hall–Kier alpha value is -1.35. The van der Waals surface area contributed by atoms with E-state index in [-0.39, 0.29) is 0 Å². The fraction of sp³-hybridized carbons (Fsp3) is 0.533. The van der Waals surface area contributed by atoms with E-state index in [1.165, 1.54) is 36.8 Å². The summed E-state index contributed by atoms with van der Waals surface area (Å²) in [6, 6.07) is 6.76. The fourth-order valence-corrected chi connectivity index (χ4v) is 2.21. The van der Waals surface area contributed by atoms with Gasteiger partial charge in [0.15, 0.2) is 0 Å². The van der Waals surface area contributed by atoms with Crippen molar-refractivity contribution >= 4 is 5.52 Å². The largest absolute Gasteiger partial charge is 0.310 e. The molecule has 1 unspecified atom stereocenters. The summed E-state index contributed by atoms with van der Waals surface area (Å²) < 4.78 is 1.93. The minimum absolute atomic E-state index is 0.579. The van der Waals surface area contributed by atoms with Crippen LogP contribution in [0, 0.1) is 0 Å². The van der Waals surface area contributed by atoms with Crippen LogP contribution >= 0.6 is 0 Å². The molecule has 0 saturated heterocycles. The van der Waals surface area contributed by atoms with Crippen molar-refractivity contribution in [2.45, 2.75) is 52.1 Å². The summed E-state index contributed by atoms with van der Waals surface area (Å²) in [5.41, 5.74) is 2.48. The van der Waals surface area contributed by atoms with E-state index in [1.807, 2.05) is 23.0 Å². The fourth-order valence-electron chi connectivity index (χ4n) is 2.21. The zero-order chi connectivity index (χ0) is 12.8. The van der Waals surface area contributed by atoms with Crippen LogP contribution in [-0.2, 0) is 6.54 Å². The van der Waals surface area contributed by atoms with Gasteiger partial charge < -0.3 is 5.32 Å². The van der Waals surface area contributed by atoms with Crippen molar-refractivity contribution in [1.29, 1.82) is 0 Å². The summed E-state index contributed by atoms with van der Waals surface area (Å²) in [6.07, 6.45) is 9.15. The summed E-state index contributed by atoms with van der Waals surface area (Å²) in [7, 11) is 0. The van der Waals surface area contributed by atoms with Crippen LogP contribution in [0.2, 0.25) is 0 Å². The molecule has 0 aliphatic heterocycles. The van der Waals surface area contributed by atoms with Gasteiger partial charge in [0.2, 0.25) is 0 Å². The highest BCUT2D eigenvalue weighted by Gasteiger charge is 2.05. The van der Waals surface area contributed by atoms with Crippen LogP contribution in [0.4, 0.5) is 0 Å². The summed E-state index contributed by atoms with van der Waals surface area (Å²) in [4.78, 5) is 0. The lowest BCUT2D eigenvalue weighted by Crippen LogP contribution is -2.25. The molecule has 2 aromatic rings. The third-order valence-electron chi connectivity index (χ3n) is 3.39. The Bertz CT molecular complexity index is 475. The number of pyridine rings is 1. The van der Waals surface area contributed by atoms with Gasteiger partial charge in [0.25, 0.3) is 0 Å². The number of hydrogen-bond acceptors (Lipinski definition) is 2. The maximum Gasteiger partial charge on any atom is 0.0706 e. The smallest absolute Gasteiger partial charge is 0.0706 e. The normalized spacial score (nSPS) is 13.0. The van der Waals surface area contributed by atoms with Gasteiger partial charge in [-0.25, -0.2) is 4.52 Å². The first-order valence-corrected chi connectivity index (χ1v) is 6.96. The van der Waals surface area contributed by atoms with Crippen molar-refractivity contribution in [3.05, 3.63) is 36.2 Å². The van der Waals surface area contributed by atoms with Crippen LogP contribution in [0.5, 0.6) is 0 Å². The second kappa shape index (κ2) is 6.55. The first-order chi connectivity index (χ1) is 8.81. The lowest BCUT2D eigenvalue weighted by atomic mass is 10.1. The molecular weight excluding hydrogens is 222 g/mol. The zero-order valence-corrected chi connectivity index (χ0v) is 11.4. The third-order valence-corrected chi connectivity index (χ3v) is 3.39. The van der Waals surface area contributed by atoms with E-state index in [9.17, 15) is 0 Å². The van der Waals surface area contributed by atoms with Gasteiger partial charge in [0.1, 0.15) is 0 Å². The predicted octanol–water partition coefficient (Wildman–Crippen LogP) is 3.39.